The molecule has 0 aromatic heterocycles. The van der Waals surface area contributed by atoms with E-state index in [0.29, 0.717) is 25.1 Å². The second-order valence-corrected chi connectivity index (χ2v) is 9.23. The molecule has 1 amide bonds. The third-order valence-corrected chi connectivity index (χ3v) is 6.93. The molecule has 0 unspecified atom stereocenters. The Morgan fingerprint density at radius 2 is 1.77 bits per heavy atom. The first-order valence-electron chi connectivity index (χ1n) is 11.9. The number of ether oxygens (including phenoxy) is 3. The molecule has 3 aromatic rings. The number of hydrogen-bond acceptors (Lipinski definition) is 5. The van der Waals surface area contributed by atoms with Crippen LogP contribution in [0.4, 0.5) is 0 Å². The minimum absolute atomic E-state index is 0. The minimum atomic E-state index is -0.427. The smallest absolute Gasteiger partial charge is 0.251 e. The third-order valence-electron chi connectivity index (χ3n) is 6.93. The summed E-state index contributed by atoms with van der Waals surface area (Å²) < 4.78 is 15.9. The van der Waals surface area contributed by atoms with Crippen LogP contribution in [-0.2, 0) is 21.4 Å². The van der Waals surface area contributed by atoms with Crippen LogP contribution in [0.15, 0.2) is 60.7 Å². The Morgan fingerprint density at radius 1 is 1.00 bits per heavy atom. The highest BCUT2D eigenvalue weighted by Gasteiger charge is 2.50. The van der Waals surface area contributed by atoms with E-state index >= 15 is 0 Å². The molecular formula is C29H31NO5. The van der Waals surface area contributed by atoms with Crippen LogP contribution in [0, 0.1) is 6.92 Å². The number of methoxy groups -OCH3 is 1. The molecule has 1 N–H and O–H groups in total. The first-order chi connectivity index (χ1) is 17.0. The lowest BCUT2D eigenvalue weighted by atomic mass is 9.87. The quantitative estimate of drug-likeness (QED) is 0.450. The Bertz CT molecular complexity index is 1270. The largest absolute Gasteiger partial charge is 0.454 e. The van der Waals surface area contributed by atoms with Gasteiger partial charge in [0.25, 0.3) is 5.91 Å². The van der Waals surface area contributed by atoms with Crippen LogP contribution in [0.25, 0.3) is 11.1 Å². The summed E-state index contributed by atoms with van der Waals surface area (Å²) in [6.45, 7) is 3.23. The van der Waals surface area contributed by atoms with Crippen LogP contribution >= 0.6 is 0 Å². The number of nitrogens with one attached hydrogen (secondary N) is 1. The fourth-order valence-corrected chi connectivity index (χ4v) is 4.66. The maximum absolute atomic E-state index is 13.4. The molecule has 1 aliphatic carbocycles. The molecule has 0 bridgehead atoms. The van der Waals surface area contributed by atoms with E-state index in [1.807, 2.05) is 48.5 Å². The molecule has 5 rings (SSSR count). The van der Waals surface area contributed by atoms with Crippen molar-refractivity contribution in [2.24, 2.45) is 0 Å². The molecular weight excluding hydrogens is 442 g/mol. The van der Waals surface area contributed by atoms with Crippen molar-refractivity contribution in [3.8, 4) is 22.6 Å². The van der Waals surface area contributed by atoms with Crippen molar-refractivity contribution in [1.82, 2.24) is 5.32 Å². The van der Waals surface area contributed by atoms with Crippen LogP contribution in [-0.4, -0.2) is 38.7 Å². The van der Waals surface area contributed by atoms with Gasteiger partial charge in [-0.05, 0) is 71.8 Å². The molecule has 182 valence electrons. The lowest BCUT2D eigenvalue weighted by molar-refractivity contribution is -0.120. The molecule has 1 heterocycles. The molecule has 6 heteroatoms. The Morgan fingerprint density at radius 3 is 2.51 bits per heavy atom. The van der Waals surface area contributed by atoms with E-state index < -0.39 is 5.41 Å². The maximum Gasteiger partial charge on any atom is 0.251 e. The average Bonchev–Trinajstić information content (AvgIpc) is 3.56. The lowest BCUT2D eigenvalue weighted by Gasteiger charge is -2.16. The topological polar surface area (TPSA) is 73.9 Å². The zero-order chi connectivity index (χ0) is 24.4. The van der Waals surface area contributed by atoms with E-state index in [2.05, 4.69) is 24.4 Å². The fourth-order valence-electron chi connectivity index (χ4n) is 4.66. The van der Waals surface area contributed by atoms with Gasteiger partial charge in [0, 0.05) is 27.1 Å². The van der Waals surface area contributed by atoms with E-state index in [1.165, 1.54) is 0 Å². The normalized spacial score (nSPS) is 15.0. The van der Waals surface area contributed by atoms with Gasteiger partial charge in [-0.15, -0.1) is 0 Å². The van der Waals surface area contributed by atoms with Crippen LogP contribution in [0.3, 0.4) is 0 Å². The molecule has 1 aliphatic heterocycles. The maximum atomic E-state index is 13.4. The van der Waals surface area contributed by atoms with Crippen molar-refractivity contribution in [1.29, 1.82) is 0 Å². The Balaban J connectivity index is 0.00000304. The van der Waals surface area contributed by atoms with Gasteiger partial charge in [0.2, 0.25) is 6.79 Å². The van der Waals surface area contributed by atoms with Crippen molar-refractivity contribution in [2.45, 2.75) is 31.6 Å². The fraction of sp³-hybridized carbons (Fsp3) is 0.310. The highest BCUT2D eigenvalue weighted by molar-refractivity contribution is 5.95. The summed E-state index contributed by atoms with van der Waals surface area (Å²) in [5, 5.41) is 2.83. The first-order valence-corrected chi connectivity index (χ1v) is 11.9. The summed E-state index contributed by atoms with van der Waals surface area (Å²) in [4.78, 5) is 25.7. The van der Waals surface area contributed by atoms with Gasteiger partial charge in [0.15, 0.2) is 11.5 Å². The number of Topliss-reactive ketones (excluding diaryl/α,β-unsaturated/α-hetero) is 1. The molecule has 35 heavy (non-hydrogen) atoms. The number of carbonyl (C=O) groups excluding carboxylic acids is 2. The van der Waals surface area contributed by atoms with Crippen LogP contribution < -0.4 is 14.8 Å². The minimum Gasteiger partial charge on any atom is -0.454 e. The van der Waals surface area contributed by atoms with Gasteiger partial charge < -0.3 is 19.5 Å². The molecule has 0 radical (unpaired) electrons. The predicted octanol–water partition coefficient (Wildman–Crippen LogP) is 4.86. The van der Waals surface area contributed by atoms with Crippen molar-refractivity contribution >= 4 is 11.7 Å². The van der Waals surface area contributed by atoms with Crippen molar-refractivity contribution in [3.05, 3.63) is 82.9 Å². The van der Waals surface area contributed by atoms with Gasteiger partial charge in [-0.3, -0.25) is 9.59 Å². The molecule has 6 nitrogen and oxygen atoms in total. The standard InChI is InChI=1S/C29H29NO5.H2/c1-19-3-4-20(15-24(19)21-5-7-22(8-6-21)28(32)30-13-14-33-2)16-27(31)29(11-12-29)23-9-10-25-26(17-23)35-18-34-25;/h3-10,15,17H,11-14,16,18H2,1-2H3,(H,30,32);1H. The number of aryl methyl sites for hydroxylation is 1. The number of amides is 1. The third kappa shape index (κ3) is 4.66. The molecule has 3 aromatic carbocycles. The zero-order valence-electron chi connectivity index (χ0n) is 20.1. The van der Waals surface area contributed by atoms with E-state index in [1.54, 1.807) is 7.11 Å². The molecule has 0 spiro atoms. The monoisotopic (exact) mass is 473 g/mol. The number of ketones is 1. The first kappa shape index (κ1) is 23.1. The van der Waals surface area contributed by atoms with Crippen LogP contribution in [0.5, 0.6) is 11.5 Å². The number of carbonyl (C=O) groups is 2. The van der Waals surface area contributed by atoms with Crippen molar-refractivity contribution in [2.75, 3.05) is 27.1 Å². The predicted molar refractivity (Wildman–Crippen MR) is 135 cm³/mol. The van der Waals surface area contributed by atoms with Crippen molar-refractivity contribution in [3.63, 3.8) is 0 Å². The SMILES string of the molecule is COCCNC(=O)c1ccc(-c2cc(CC(=O)C3(c4ccc5c(c4)OCO5)CC3)ccc2C)cc1.[HH]. The number of fused-ring (bicyclic) bond motifs is 1. The summed E-state index contributed by atoms with van der Waals surface area (Å²) >= 11 is 0. The summed E-state index contributed by atoms with van der Waals surface area (Å²) in [5.41, 5.74) is 5.38. The Labute approximate surface area is 206 Å². The summed E-state index contributed by atoms with van der Waals surface area (Å²) in [6.07, 6.45) is 2.10. The second-order valence-electron chi connectivity index (χ2n) is 9.23. The molecule has 1 fully saturated rings. The summed E-state index contributed by atoms with van der Waals surface area (Å²) in [5.74, 6) is 1.56. The van der Waals surface area contributed by atoms with Gasteiger partial charge in [0.1, 0.15) is 5.78 Å². The van der Waals surface area contributed by atoms with E-state index in [4.69, 9.17) is 14.2 Å². The zero-order valence-corrected chi connectivity index (χ0v) is 20.1. The number of hydrogen-bond donors (Lipinski definition) is 1. The highest BCUT2D eigenvalue weighted by Crippen LogP contribution is 2.51. The molecule has 2 aliphatic rings. The van der Waals surface area contributed by atoms with Gasteiger partial charge >= 0.3 is 0 Å². The van der Waals surface area contributed by atoms with E-state index in [0.717, 1.165) is 52.2 Å². The van der Waals surface area contributed by atoms with Crippen LogP contribution in [0.1, 0.15) is 41.3 Å². The second kappa shape index (κ2) is 9.55. The molecule has 0 saturated heterocycles. The average molecular weight is 474 g/mol. The van der Waals surface area contributed by atoms with E-state index in [-0.39, 0.29) is 19.9 Å². The van der Waals surface area contributed by atoms with Gasteiger partial charge in [-0.1, -0.05) is 36.4 Å². The van der Waals surface area contributed by atoms with Gasteiger partial charge in [-0.25, -0.2) is 0 Å². The van der Waals surface area contributed by atoms with Crippen molar-refractivity contribution < 1.29 is 25.2 Å². The van der Waals surface area contributed by atoms with Gasteiger partial charge in [-0.2, -0.15) is 0 Å². The highest BCUT2D eigenvalue weighted by atomic mass is 16.7. The summed E-state index contributed by atoms with van der Waals surface area (Å²) in [6, 6.07) is 19.6. The van der Waals surface area contributed by atoms with Crippen LogP contribution in [0.2, 0.25) is 0 Å². The lowest BCUT2D eigenvalue weighted by Crippen LogP contribution is -2.26. The molecule has 0 atom stereocenters. The Hall–Kier alpha value is -3.64. The number of rotatable bonds is 9. The van der Waals surface area contributed by atoms with Gasteiger partial charge in [0.05, 0.1) is 12.0 Å². The molecule has 1 saturated carbocycles. The number of benzene rings is 3. The summed E-state index contributed by atoms with van der Waals surface area (Å²) in [7, 11) is 1.60. The Kier molecular flexibility index (Phi) is 6.31. The van der Waals surface area contributed by atoms with E-state index in [9.17, 15) is 9.59 Å².